The van der Waals surface area contributed by atoms with Crippen molar-refractivity contribution in [3.63, 3.8) is 0 Å². The van der Waals surface area contributed by atoms with Crippen LogP contribution in [0.25, 0.3) is 27.9 Å². The number of H-pyrrole nitrogens is 1. The number of nitrogens with zero attached hydrogens (tertiary/aromatic N) is 3. The number of aryl methyl sites for hydroxylation is 2. The summed E-state index contributed by atoms with van der Waals surface area (Å²) >= 11 is 0. The first-order valence-electron chi connectivity index (χ1n) is 10.9. The fraction of sp³-hybridized carbons (Fsp3) is 0.192. The Bertz CT molecular complexity index is 1450. The number of halogens is 1. The van der Waals surface area contributed by atoms with Crippen molar-refractivity contribution in [2.24, 2.45) is 0 Å². The van der Waals surface area contributed by atoms with Crippen molar-refractivity contribution in [2.75, 3.05) is 6.54 Å². The SMILES string of the molecule is Cc1ccc2nc(-c3ccc(F)c(C)c3)c(CC(=O)NCCc3nc4ccccc4[nH]3)n2c1. The van der Waals surface area contributed by atoms with Gasteiger partial charge in [-0.15, -0.1) is 0 Å². The summed E-state index contributed by atoms with van der Waals surface area (Å²) in [6, 6.07) is 16.7. The number of carbonyl (C=O) groups excluding carboxylic acids is 1. The minimum absolute atomic E-state index is 0.102. The summed E-state index contributed by atoms with van der Waals surface area (Å²) in [5, 5.41) is 2.99. The Kier molecular flexibility index (Phi) is 5.38. The summed E-state index contributed by atoms with van der Waals surface area (Å²) in [5.41, 5.74) is 6.52. The van der Waals surface area contributed by atoms with Crippen LogP contribution in [0, 0.1) is 19.7 Å². The molecular formula is C26H24FN5O. The van der Waals surface area contributed by atoms with Gasteiger partial charge in [-0.2, -0.15) is 0 Å². The molecule has 0 aliphatic heterocycles. The molecule has 33 heavy (non-hydrogen) atoms. The maximum Gasteiger partial charge on any atom is 0.226 e. The molecule has 1 amide bonds. The van der Waals surface area contributed by atoms with Crippen LogP contribution in [-0.4, -0.2) is 31.8 Å². The molecule has 6 nitrogen and oxygen atoms in total. The van der Waals surface area contributed by atoms with Crippen LogP contribution in [0.15, 0.2) is 60.8 Å². The minimum atomic E-state index is -0.261. The van der Waals surface area contributed by atoms with Gasteiger partial charge in [0.25, 0.3) is 0 Å². The summed E-state index contributed by atoms with van der Waals surface area (Å²) in [5.74, 6) is 0.474. The first-order valence-corrected chi connectivity index (χ1v) is 10.9. The second kappa shape index (κ2) is 8.50. The number of hydrogen-bond donors (Lipinski definition) is 2. The van der Waals surface area contributed by atoms with Gasteiger partial charge in [0.2, 0.25) is 5.91 Å². The van der Waals surface area contributed by atoms with Crippen molar-refractivity contribution in [1.82, 2.24) is 24.7 Å². The number of aromatic amines is 1. The van der Waals surface area contributed by atoms with E-state index in [0.29, 0.717) is 24.2 Å². The number of imidazole rings is 2. The van der Waals surface area contributed by atoms with Gasteiger partial charge in [-0.25, -0.2) is 14.4 Å². The smallest absolute Gasteiger partial charge is 0.226 e. The third kappa shape index (κ3) is 4.22. The molecule has 0 radical (unpaired) electrons. The Morgan fingerprint density at radius 3 is 2.76 bits per heavy atom. The molecule has 0 spiro atoms. The molecule has 5 aromatic rings. The van der Waals surface area contributed by atoms with Gasteiger partial charge in [-0.3, -0.25) is 4.79 Å². The summed E-state index contributed by atoms with van der Waals surface area (Å²) in [7, 11) is 0. The van der Waals surface area contributed by atoms with E-state index < -0.39 is 0 Å². The van der Waals surface area contributed by atoms with Gasteiger partial charge in [0, 0.05) is 24.7 Å². The van der Waals surface area contributed by atoms with Crippen LogP contribution in [0.4, 0.5) is 4.39 Å². The van der Waals surface area contributed by atoms with E-state index in [-0.39, 0.29) is 18.1 Å². The van der Waals surface area contributed by atoms with Crippen molar-refractivity contribution >= 4 is 22.6 Å². The molecule has 0 saturated carbocycles. The average Bonchev–Trinajstić information content (AvgIpc) is 3.37. The number of benzene rings is 2. The predicted molar refractivity (Wildman–Crippen MR) is 127 cm³/mol. The average molecular weight is 442 g/mol. The van der Waals surface area contributed by atoms with E-state index in [0.717, 1.165) is 39.3 Å². The monoisotopic (exact) mass is 441 g/mol. The van der Waals surface area contributed by atoms with E-state index in [4.69, 9.17) is 4.98 Å². The zero-order valence-electron chi connectivity index (χ0n) is 18.5. The lowest BCUT2D eigenvalue weighted by atomic mass is 10.1. The first kappa shape index (κ1) is 20.9. The number of hydrogen-bond acceptors (Lipinski definition) is 3. The Balaban J connectivity index is 1.37. The Morgan fingerprint density at radius 1 is 1.09 bits per heavy atom. The van der Waals surface area contributed by atoms with E-state index in [1.54, 1.807) is 19.1 Å². The standard InChI is InChI=1S/C26H24FN5O/c1-16-7-10-24-31-26(18-8-9-19(27)17(2)13-18)22(32(24)15-16)14-25(33)28-12-11-23-29-20-5-3-4-6-21(20)30-23/h3-10,13,15H,11-12,14H2,1-2H3,(H,28,33)(H,29,30). The fourth-order valence-electron chi connectivity index (χ4n) is 4.05. The van der Waals surface area contributed by atoms with Crippen LogP contribution in [0.2, 0.25) is 0 Å². The second-order valence-corrected chi connectivity index (χ2v) is 8.28. The number of rotatable bonds is 6. The molecule has 0 saturated heterocycles. The number of aromatic nitrogens is 4. The molecule has 0 aliphatic carbocycles. The zero-order chi connectivity index (χ0) is 22.9. The topological polar surface area (TPSA) is 75.1 Å². The summed E-state index contributed by atoms with van der Waals surface area (Å²) in [6.45, 7) is 4.20. The molecule has 3 aromatic heterocycles. The Labute approximate surface area is 190 Å². The van der Waals surface area contributed by atoms with Crippen molar-refractivity contribution in [3.05, 3.63) is 89.3 Å². The van der Waals surface area contributed by atoms with Crippen LogP contribution in [0.3, 0.4) is 0 Å². The number of fused-ring (bicyclic) bond motifs is 2. The highest BCUT2D eigenvalue weighted by Gasteiger charge is 2.18. The van der Waals surface area contributed by atoms with Gasteiger partial charge in [0.15, 0.2) is 0 Å². The number of amides is 1. The summed E-state index contributed by atoms with van der Waals surface area (Å²) in [6.07, 6.45) is 2.74. The molecule has 166 valence electrons. The predicted octanol–water partition coefficient (Wildman–Crippen LogP) is 4.53. The lowest BCUT2D eigenvalue weighted by Gasteiger charge is -2.08. The van der Waals surface area contributed by atoms with E-state index >= 15 is 0 Å². The highest BCUT2D eigenvalue weighted by molar-refractivity contribution is 5.81. The highest BCUT2D eigenvalue weighted by atomic mass is 19.1. The van der Waals surface area contributed by atoms with Gasteiger partial charge < -0.3 is 14.7 Å². The highest BCUT2D eigenvalue weighted by Crippen LogP contribution is 2.27. The Hall–Kier alpha value is -4.00. The van der Waals surface area contributed by atoms with Gasteiger partial charge in [0.1, 0.15) is 17.3 Å². The van der Waals surface area contributed by atoms with E-state index in [9.17, 15) is 9.18 Å². The molecule has 2 aromatic carbocycles. The molecule has 0 fully saturated rings. The van der Waals surface area contributed by atoms with Gasteiger partial charge >= 0.3 is 0 Å². The lowest BCUT2D eigenvalue weighted by Crippen LogP contribution is -2.28. The molecule has 5 rings (SSSR count). The van der Waals surface area contributed by atoms with Crippen molar-refractivity contribution in [1.29, 1.82) is 0 Å². The van der Waals surface area contributed by atoms with E-state index in [1.807, 2.05) is 53.9 Å². The molecular weight excluding hydrogens is 417 g/mol. The van der Waals surface area contributed by atoms with Crippen molar-refractivity contribution < 1.29 is 9.18 Å². The third-order valence-electron chi connectivity index (χ3n) is 5.75. The van der Waals surface area contributed by atoms with E-state index in [2.05, 4.69) is 15.3 Å². The quantitative estimate of drug-likeness (QED) is 0.406. The first-order chi connectivity index (χ1) is 16.0. The van der Waals surface area contributed by atoms with Crippen LogP contribution in [0.5, 0.6) is 0 Å². The minimum Gasteiger partial charge on any atom is -0.355 e. The Morgan fingerprint density at radius 2 is 1.94 bits per heavy atom. The molecule has 0 unspecified atom stereocenters. The summed E-state index contributed by atoms with van der Waals surface area (Å²) < 4.78 is 15.8. The maximum absolute atomic E-state index is 13.8. The molecule has 2 N–H and O–H groups in total. The van der Waals surface area contributed by atoms with Gasteiger partial charge in [-0.1, -0.05) is 18.2 Å². The maximum atomic E-state index is 13.8. The fourth-order valence-corrected chi connectivity index (χ4v) is 4.05. The van der Waals surface area contributed by atoms with Crippen molar-refractivity contribution in [2.45, 2.75) is 26.7 Å². The lowest BCUT2D eigenvalue weighted by molar-refractivity contribution is -0.120. The van der Waals surface area contributed by atoms with Crippen LogP contribution in [-0.2, 0) is 17.6 Å². The van der Waals surface area contributed by atoms with E-state index in [1.165, 1.54) is 6.07 Å². The van der Waals surface area contributed by atoms with Crippen LogP contribution in [0.1, 0.15) is 22.6 Å². The number of nitrogens with one attached hydrogen (secondary N) is 2. The molecule has 0 aliphatic rings. The second-order valence-electron chi connectivity index (χ2n) is 8.28. The van der Waals surface area contributed by atoms with Crippen molar-refractivity contribution in [3.8, 4) is 11.3 Å². The third-order valence-corrected chi connectivity index (χ3v) is 5.75. The van der Waals surface area contributed by atoms with Crippen LogP contribution >= 0.6 is 0 Å². The number of carbonyl (C=O) groups is 1. The normalized spacial score (nSPS) is 11.4. The van der Waals surface area contributed by atoms with Gasteiger partial charge in [0.05, 0.1) is 28.8 Å². The van der Waals surface area contributed by atoms with Crippen LogP contribution < -0.4 is 5.32 Å². The van der Waals surface area contributed by atoms with Gasteiger partial charge in [-0.05, 0) is 61.4 Å². The zero-order valence-corrected chi connectivity index (χ0v) is 18.5. The molecule has 3 heterocycles. The molecule has 0 atom stereocenters. The largest absolute Gasteiger partial charge is 0.355 e. The molecule has 0 bridgehead atoms. The number of para-hydroxylation sites is 2. The molecule has 7 heteroatoms. The number of pyridine rings is 1. The summed E-state index contributed by atoms with van der Waals surface area (Å²) in [4.78, 5) is 25.4.